The highest BCUT2D eigenvalue weighted by Crippen LogP contribution is 2.25. The maximum atomic E-state index is 10.1. The number of hydrogen-bond acceptors (Lipinski definition) is 6. The summed E-state index contributed by atoms with van der Waals surface area (Å²) in [4.78, 5) is 13.6. The van der Waals surface area contributed by atoms with Gasteiger partial charge in [0.25, 0.3) is 0 Å². The summed E-state index contributed by atoms with van der Waals surface area (Å²) in [5.41, 5.74) is 1.79. The summed E-state index contributed by atoms with van der Waals surface area (Å²) in [7, 11) is 0. The molecule has 152 valence electrons. The molecule has 6 heteroatoms. The number of aliphatic hydroxyl groups excluding tert-OH is 1. The van der Waals surface area contributed by atoms with Crippen LogP contribution in [0.2, 0.25) is 0 Å². The van der Waals surface area contributed by atoms with Crippen molar-refractivity contribution in [3.8, 4) is 11.3 Å². The molecule has 0 saturated carbocycles. The number of hydrogen-bond donors (Lipinski definition) is 3. The number of nitrogens with one attached hydrogen (secondary N) is 2. The third kappa shape index (κ3) is 6.75. The summed E-state index contributed by atoms with van der Waals surface area (Å²) >= 11 is 0. The van der Waals surface area contributed by atoms with Crippen molar-refractivity contribution in [2.24, 2.45) is 0 Å². The third-order valence-electron chi connectivity index (χ3n) is 5.23. The lowest BCUT2D eigenvalue weighted by atomic mass is 10.0. The number of aromatic nitrogens is 3. The monoisotopic (exact) mass is 383 g/mol. The molecule has 0 fully saturated rings. The molecule has 0 aromatic carbocycles. The van der Waals surface area contributed by atoms with Crippen molar-refractivity contribution in [2.75, 3.05) is 23.7 Å². The maximum Gasteiger partial charge on any atom is 0.224 e. The van der Waals surface area contributed by atoms with Gasteiger partial charge in [-0.1, -0.05) is 38.2 Å². The number of nitrogens with zero attached hydrogens (tertiary/aromatic N) is 3. The Morgan fingerprint density at radius 1 is 0.821 bits per heavy atom. The first-order chi connectivity index (χ1) is 13.8. The maximum absolute atomic E-state index is 10.1. The third-order valence-corrected chi connectivity index (χ3v) is 5.23. The van der Waals surface area contributed by atoms with Gasteiger partial charge in [0, 0.05) is 25.5 Å². The molecule has 0 aliphatic carbocycles. The summed E-state index contributed by atoms with van der Waals surface area (Å²) < 4.78 is 0. The Labute approximate surface area is 168 Å². The molecular formula is C22H33N5O. The Bertz CT molecular complexity index is 695. The number of rotatable bonds is 1. The van der Waals surface area contributed by atoms with Crippen LogP contribution in [0.25, 0.3) is 11.3 Å². The first-order valence-electron chi connectivity index (χ1n) is 10.8. The molecule has 0 saturated heterocycles. The van der Waals surface area contributed by atoms with Gasteiger partial charge < -0.3 is 15.7 Å². The number of aliphatic hydroxyl groups is 1. The minimum atomic E-state index is -0.155. The zero-order valence-corrected chi connectivity index (χ0v) is 16.7. The molecule has 2 bridgehead atoms. The van der Waals surface area contributed by atoms with Crippen LogP contribution in [0.3, 0.4) is 0 Å². The quantitative estimate of drug-likeness (QED) is 0.665. The van der Waals surface area contributed by atoms with Crippen molar-refractivity contribution in [2.45, 2.75) is 70.3 Å². The average Bonchev–Trinajstić information content (AvgIpc) is 2.72. The van der Waals surface area contributed by atoms with E-state index in [4.69, 9.17) is 4.98 Å². The molecule has 0 radical (unpaired) electrons. The summed E-state index contributed by atoms with van der Waals surface area (Å²) in [5, 5.41) is 17.0. The Hall–Kier alpha value is -2.21. The van der Waals surface area contributed by atoms with Gasteiger partial charge in [-0.3, -0.25) is 4.98 Å². The van der Waals surface area contributed by atoms with Gasteiger partial charge in [-0.2, -0.15) is 4.98 Å². The van der Waals surface area contributed by atoms with E-state index in [-0.39, 0.29) is 6.10 Å². The van der Waals surface area contributed by atoms with Crippen LogP contribution in [0, 0.1) is 0 Å². The van der Waals surface area contributed by atoms with Gasteiger partial charge in [-0.15, -0.1) is 0 Å². The summed E-state index contributed by atoms with van der Waals surface area (Å²) in [6, 6.07) is 5.86. The van der Waals surface area contributed by atoms with Crippen LogP contribution in [-0.2, 0) is 0 Å². The van der Waals surface area contributed by atoms with Crippen LogP contribution in [0.1, 0.15) is 64.2 Å². The number of fused-ring (bicyclic) bond motifs is 2. The summed E-state index contributed by atoms with van der Waals surface area (Å²) in [6.07, 6.45) is 14.5. The van der Waals surface area contributed by atoms with Gasteiger partial charge in [-0.05, 0) is 44.2 Å². The first-order valence-corrected chi connectivity index (χ1v) is 10.8. The van der Waals surface area contributed by atoms with E-state index in [0.717, 1.165) is 68.7 Å². The van der Waals surface area contributed by atoms with Crippen LogP contribution < -0.4 is 10.6 Å². The SMILES string of the molecule is OC1CCCCCCCCNc2ncc(-c3ccccn3)c(n2)NCCCC1. The first kappa shape index (κ1) is 20.5. The summed E-state index contributed by atoms with van der Waals surface area (Å²) in [5.74, 6) is 1.48. The molecule has 2 aromatic heterocycles. The lowest BCUT2D eigenvalue weighted by Gasteiger charge is -2.14. The van der Waals surface area contributed by atoms with Crippen LogP contribution >= 0.6 is 0 Å². The van der Waals surface area contributed by atoms with Crippen molar-refractivity contribution in [3.05, 3.63) is 30.6 Å². The Balaban J connectivity index is 1.68. The summed E-state index contributed by atoms with van der Waals surface area (Å²) in [6.45, 7) is 1.71. The molecule has 2 aromatic rings. The number of pyridine rings is 1. The predicted octanol–water partition coefficient (Wildman–Crippen LogP) is 4.64. The molecule has 3 N–H and O–H groups in total. The highest BCUT2D eigenvalue weighted by atomic mass is 16.3. The molecule has 0 spiro atoms. The zero-order valence-electron chi connectivity index (χ0n) is 16.7. The molecule has 28 heavy (non-hydrogen) atoms. The van der Waals surface area contributed by atoms with Gasteiger partial charge in [0.15, 0.2) is 0 Å². The molecular weight excluding hydrogens is 350 g/mol. The van der Waals surface area contributed by atoms with Gasteiger partial charge >= 0.3 is 0 Å². The normalized spacial score (nSPS) is 20.2. The standard InChI is InChI=1S/C22H33N5O/c28-18-11-5-3-1-2-4-8-16-25-22-26-17-19(20-13-7-10-14-23-20)21(27-22)24-15-9-6-12-18/h7,10,13-14,17-18,28H,1-6,8-9,11-12,15-16H2,(H2,24,25,26,27). The molecule has 3 heterocycles. The molecule has 1 unspecified atom stereocenters. The van der Waals surface area contributed by atoms with Gasteiger partial charge in [0.05, 0.1) is 17.4 Å². The molecule has 1 atom stereocenters. The lowest BCUT2D eigenvalue weighted by molar-refractivity contribution is 0.148. The highest BCUT2D eigenvalue weighted by Gasteiger charge is 2.11. The second-order valence-electron chi connectivity index (χ2n) is 7.58. The Morgan fingerprint density at radius 2 is 1.54 bits per heavy atom. The fourth-order valence-electron chi connectivity index (χ4n) is 3.58. The van der Waals surface area contributed by atoms with Crippen LogP contribution in [0.4, 0.5) is 11.8 Å². The van der Waals surface area contributed by atoms with Gasteiger partial charge in [0.1, 0.15) is 5.82 Å². The predicted molar refractivity (Wildman–Crippen MR) is 114 cm³/mol. The molecule has 1 aliphatic rings. The van der Waals surface area contributed by atoms with Crippen LogP contribution in [0.5, 0.6) is 0 Å². The van der Waals surface area contributed by atoms with Gasteiger partial charge in [-0.25, -0.2) is 4.98 Å². The van der Waals surface area contributed by atoms with Crippen molar-refractivity contribution >= 4 is 11.8 Å². The second kappa shape index (κ2) is 11.6. The average molecular weight is 384 g/mol. The Morgan fingerprint density at radius 3 is 2.36 bits per heavy atom. The van der Waals surface area contributed by atoms with E-state index in [1.807, 2.05) is 24.4 Å². The van der Waals surface area contributed by atoms with Crippen molar-refractivity contribution in [1.29, 1.82) is 0 Å². The van der Waals surface area contributed by atoms with E-state index in [0.29, 0.717) is 5.95 Å². The van der Waals surface area contributed by atoms with E-state index in [1.165, 1.54) is 25.7 Å². The zero-order chi connectivity index (χ0) is 19.4. The molecule has 6 nitrogen and oxygen atoms in total. The van der Waals surface area contributed by atoms with Crippen LogP contribution in [-0.4, -0.2) is 39.3 Å². The Kier molecular flexibility index (Phi) is 8.50. The van der Waals surface area contributed by atoms with Crippen molar-refractivity contribution < 1.29 is 5.11 Å². The van der Waals surface area contributed by atoms with Crippen LogP contribution in [0.15, 0.2) is 30.6 Å². The highest BCUT2D eigenvalue weighted by molar-refractivity contribution is 5.72. The molecule has 0 amide bonds. The van der Waals surface area contributed by atoms with E-state index >= 15 is 0 Å². The smallest absolute Gasteiger partial charge is 0.224 e. The number of anilines is 2. The second-order valence-corrected chi connectivity index (χ2v) is 7.58. The molecule has 3 rings (SSSR count). The van der Waals surface area contributed by atoms with E-state index < -0.39 is 0 Å². The van der Waals surface area contributed by atoms with E-state index in [9.17, 15) is 5.11 Å². The minimum absolute atomic E-state index is 0.155. The minimum Gasteiger partial charge on any atom is -0.393 e. The largest absolute Gasteiger partial charge is 0.393 e. The molecule has 1 aliphatic heterocycles. The van der Waals surface area contributed by atoms with Gasteiger partial charge in [0.2, 0.25) is 5.95 Å². The van der Waals surface area contributed by atoms with E-state index in [2.05, 4.69) is 20.6 Å². The fraction of sp³-hybridized carbons (Fsp3) is 0.591. The topological polar surface area (TPSA) is 83.0 Å². The van der Waals surface area contributed by atoms with Crippen molar-refractivity contribution in [1.82, 2.24) is 15.0 Å². The fourth-order valence-corrected chi connectivity index (χ4v) is 3.58. The van der Waals surface area contributed by atoms with Crippen molar-refractivity contribution in [3.63, 3.8) is 0 Å². The lowest BCUT2D eigenvalue weighted by Crippen LogP contribution is -2.11. The van der Waals surface area contributed by atoms with E-state index in [1.54, 1.807) is 6.20 Å².